The number of aromatic nitrogens is 5. The van der Waals surface area contributed by atoms with Crippen LogP contribution < -0.4 is 0 Å². The summed E-state index contributed by atoms with van der Waals surface area (Å²) in [5.41, 5.74) is 0.621. The van der Waals surface area contributed by atoms with Crippen molar-refractivity contribution < 1.29 is 18.1 Å². The molecule has 1 amide bonds. The third-order valence-electron chi connectivity index (χ3n) is 5.34. The number of hydrogen-bond donors (Lipinski definition) is 0. The topological polar surface area (TPSA) is 89.9 Å². The molecule has 2 fully saturated rings. The molecule has 1 saturated heterocycles. The van der Waals surface area contributed by atoms with Crippen LogP contribution in [0.25, 0.3) is 11.6 Å². The minimum absolute atomic E-state index is 0.0786. The zero-order chi connectivity index (χ0) is 20.0. The quantitative estimate of drug-likeness (QED) is 0.669. The Bertz CT molecular complexity index is 1060. The highest BCUT2D eigenvalue weighted by atomic mass is 19.2. The van der Waals surface area contributed by atoms with Gasteiger partial charge in [-0.25, -0.2) is 13.5 Å². The molecule has 0 N–H and O–H groups in total. The van der Waals surface area contributed by atoms with E-state index < -0.39 is 11.6 Å². The third kappa shape index (κ3) is 3.50. The number of hydrogen-bond acceptors (Lipinski definition) is 6. The van der Waals surface area contributed by atoms with E-state index in [0.29, 0.717) is 36.4 Å². The summed E-state index contributed by atoms with van der Waals surface area (Å²) in [7, 11) is 0. The van der Waals surface area contributed by atoms with Crippen LogP contribution in [0.3, 0.4) is 0 Å². The van der Waals surface area contributed by atoms with Crippen molar-refractivity contribution >= 4 is 5.91 Å². The van der Waals surface area contributed by atoms with Crippen LogP contribution in [0, 0.1) is 11.6 Å². The van der Waals surface area contributed by atoms with Crippen LogP contribution in [0.1, 0.15) is 53.8 Å². The van der Waals surface area contributed by atoms with Crippen molar-refractivity contribution in [1.82, 2.24) is 30.0 Å². The second kappa shape index (κ2) is 7.02. The highest BCUT2D eigenvalue weighted by Gasteiger charge is 2.30. The first-order valence-corrected chi connectivity index (χ1v) is 9.58. The zero-order valence-corrected chi connectivity index (χ0v) is 15.5. The molecule has 1 aliphatic heterocycles. The number of piperidine rings is 1. The summed E-state index contributed by atoms with van der Waals surface area (Å²) in [6.07, 6.45) is 5.48. The van der Waals surface area contributed by atoms with Crippen molar-refractivity contribution in [2.24, 2.45) is 0 Å². The first kappa shape index (κ1) is 17.9. The second-order valence-electron chi connectivity index (χ2n) is 7.49. The first-order valence-electron chi connectivity index (χ1n) is 9.58. The predicted octanol–water partition coefficient (Wildman–Crippen LogP) is 2.96. The second-order valence-corrected chi connectivity index (χ2v) is 7.49. The molecule has 3 aromatic rings. The highest BCUT2D eigenvalue weighted by molar-refractivity contribution is 5.94. The maximum atomic E-state index is 13.5. The molecule has 1 saturated carbocycles. The van der Waals surface area contributed by atoms with Gasteiger partial charge in [-0.05, 0) is 43.9 Å². The zero-order valence-electron chi connectivity index (χ0n) is 15.5. The lowest BCUT2D eigenvalue weighted by Gasteiger charge is -2.32. The van der Waals surface area contributed by atoms with Crippen LogP contribution in [0.2, 0.25) is 0 Å². The molecule has 8 nitrogen and oxygen atoms in total. The number of halogens is 2. The van der Waals surface area contributed by atoms with Gasteiger partial charge in [0.15, 0.2) is 23.2 Å². The Morgan fingerprint density at radius 1 is 1.17 bits per heavy atom. The smallest absolute Gasteiger partial charge is 0.280 e. The molecular weight excluding hydrogens is 382 g/mol. The fraction of sp³-hybridized carbons (Fsp3) is 0.421. The average molecular weight is 400 g/mol. The lowest BCUT2D eigenvalue weighted by molar-refractivity contribution is 0.0671. The summed E-state index contributed by atoms with van der Waals surface area (Å²) < 4.78 is 33.6. The lowest BCUT2D eigenvalue weighted by Crippen LogP contribution is -2.40. The Morgan fingerprint density at radius 3 is 2.83 bits per heavy atom. The number of amides is 1. The Morgan fingerprint density at radius 2 is 2.03 bits per heavy atom. The van der Waals surface area contributed by atoms with Crippen LogP contribution in [0.4, 0.5) is 8.78 Å². The normalized spacial score (nSPS) is 19.5. The van der Waals surface area contributed by atoms with Gasteiger partial charge in [0.25, 0.3) is 11.8 Å². The van der Waals surface area contributed by atoms with E-state index in [1.54, 1.807) is 15.8 Å². The van der Waals surface area contributed by atoms with E-state index in [1.165, 1.54) is 6.07 Å². The Hall–Kier alpha value is -3.17. The van der Waals surface area contributed by atoms with Crippen LogP contribution in [-0.2, 0) is 0 Å². The average Bonchev–Trinajstić information content (AvgIpc) is 3.26. The van der Waals surface area contributed by atoms with Gasteiger partial charge in [-0.1, -0.05) is 10.4 Å². The molecule has 10 heteroatoms. The van der Waals surface area contributed by atoms with Gasteiger partial charge in [0, 0.05) is 24.6 Å². The first-order chi connectivity index (χ1) is 14.1. The van der Waals surface area contributed by atoms with Gasteiger partial charge < -0.3 is 9.42 Å². The van der Waals surface area contributed by atoms with E-state index >= 15 is 0 Å². The molecule has 0 bridgehead atoms. The molecule has 5 rings (SSSR count). The summed E-state index contributed by atoms with van der Waals surface area (Å²) in [4.78, 5) is 18.7. The number of nitrogens with zero attached hydrogens (tertiary/aromatic N) is 6. The minimum Gasteiger partial charge on any atom is -0.336 e. The predicted molar refractivity (Wildman–Crippen MR) is 95.8 cm³/mol. The van der Waals surface area contributed by atoms with E-state index in [2.05, 4.69) is 20.5 Å². The molecule has 0 spiro atoms. The van der Waals surface area contributed by atoms with Gasteiger partial charge in [0.05, 0.1) is 12.2 Å². The van der Waals surface area contributed by atoms with Gasteiger partial charge in [0.1, 0.15) is 0 Å². The van der Waals surface area contributed by atoms with Gasteiger partial charge in [-0.15, -0.1) is 5.10 Å². The van der Waals surface area contributed by atoms with Gasteiger partial charge in [0.2, 0.25) is 0 Å². The third-order valence-corrected chi connectivity index (χ3v) is 5.34. The largest absolute Gasteiger partial charge is 0.336 e. The van der Waals surface area contributed by atoms with E-state index in [-0.39, 0.29) is 17.5 Å². The molecule has 29 heavy (non-hydrogen) atoms. The standard InChI is InChI=1S/C19H18F2N6O2/c20-14-6-5-12(8-15(14)21)19(28)26-7-1-2-13(9-26)27-10-16(23-25-27)18-22-17(24-29-18)11-3-4-11/h5-6,8,10-11,13H,1-4,7,9H2/t13-/m0/s1. The summed E-state index contributed by atoms with van der Waals surface area (Å²) in [6, 6.07) is 3.12. The summed E-state index contributed by atoms with van der Waals surface area (Å²) in [5.74, 6) is -0.912. The van der Waals surface area contributed by atoms with Gasteiger partial charge >= 0.3 is 0 Å². The molecule has 1 aromatic carbocycles. The fourth-order valence-corrected chi connectivity index (χ4v) is 3.57. The molecule has 0 unspecified atom stereocenters. The van der Waals surface area contributed by atoms with Crippen LogP contribution in [0.5, 0.6) is 0 Å². The van der Waals surface area contributed by atoms with Crippen molar-refractivity contribution in [3.05, 3.63) is 47.4 Å². The van der Waals surface area contributed by atoms with E-state index in [0.717, 1.165) is 37.8 Å². The monoisotopic (exact) mass is 400 g/mol. The van der Waals surface area contributed by atoms with Crippen molar-refractivity contribution in [2.75, 3.05) is 13.1 Å². The highest BCUT2D eigenvalue weighted by Crippen LogP contribution is 2.38. The Balaban J connectivity index is 1.30. The molecule has 2 aliphatic rings. The molecule has 0 radical (unpaired) electrons. The maximum Gasteiger partial charge on any atom is 0.280 e. The molecule has 1 aliphatic carbocycles. The Labute approximate surface area is 164 Å². The van der Waals surface area contributed by atoms with Crippen molar-refractivity contribution in [2.45, 2.75) is 37.6 Å². The molecule has 3 heterocycles. The van der Waals surface area contributed by atoms with Crippen molar-refractivity contribution in [3.8, 4) is 11.6 Å². The number of rotatable bonds is 4. The van der Waals surface area contributed by atoms with Crippen LogP contribution >= 0.6 is 0 Å². The number of carbonyl (C=O) groups is 1. The summed E-state index contributed by atoms with van der Waals surface area (Å²) in [6.45, 7) is 0.947. The van der Waals surface area contributed by atoms with E-state index in [1.807, 2.05) is 0 Å². The minimum atomic E-state index is -1.03. The Kier molecular flexibility index (Phi) is 4.33. The molecular formula is C19H18F2N6O2. The summed E-state index contributed by atoms with van der Waals surface area (Å²) >= 11 is 0. The van der Waals surface area contributed by atoms with Gasteiger partial charge in [-0.3, -0.25) is 4.79 Å². The van der Waals surface area contributed by atoms with Crippen LogP contribution in [0.15, 0.2) is 28.9 Å². The van der Waals surface area contributed by atoms with Crippen molar-refractivity contribution in [1.29, 1.82) is 0 Å². The van der Waals surface area contributed by atoms with E-state index in [9.17, 15) is 13.6 Å². The molecule has 150 valence electrons. The number of likely N-dealkylation sites (tertiary alicyclic amines) is 1. The molecule has 1 atom stereocenters. The SMILES string of the molecule is O=C(c1ccc(F)c(F)c1)N1CCC[C@H](n2cc(-c3nc(C4CC4)no3)nn2)C1. The molecule has 2 aromatic heterocycles. The fourth-order valence-electron chi connectivity index (χ4n) is 3.57. The van der Waals surface area contributed by atoms with Crippen LogP contribution in [-0.4, -0.2) is 49.0 Å². The number of carbonyl (C=O) groups excluding carboxylic acids is 1. The maximum absolute atomic E-state index is 13.5. The summed E-state index contributed by atoms with van der Waals surface area (Å²) in [5, 5.41) is 12.3. The van der Waals surface area contributed by atoms with Gasteiger partial charge in [-0.2, -0.15) is 4.98 Å². The van der Waals surface area contributed by atoms with Crippen molar-refractivity contribution in [3.63, 3.8) is 0 Å². The van der Waals surface area contributed by atoms with E-state index in [4.69, 9.17) is 4.52 Å². The number of benzene rings is 1. The lowest BCUT2D eigenvalue weighted by atomic mass is 10.0.